The maximum atomic E-state index is 11.6. The van der Waals surface area contributed by atoms with Gasteiger partial charge in [0.2, 0.25) is 0 Å². The number of rotatable bonds is 3. The molecule has 1 saturated heterocycles. The van der Waals surface area contributed by atoms with Crippen molar-refractivity contribution in [3.05, 3.63) is 35.9 Å². The van der Waals surface area contributed by atoms with Gasteiger partial charge in [0.1, 0.15) is 12.6 Å². The van der Waals surface area contributed by atoms with Crippen molar-refractivity contribution in [1.82, 2.24) is 5.06 Å². The van der Waals surface area contributed by atoms with E-state index in [1.54, 1.807) is 0 Å². The molecule has 4 heteroatoms. The lowest BCUT2D eigenvalue weighted by Crippen LogP contribution is -2.34. The number of carbonyl (C=O) groups is 1. The van der Waals surface area contributed by atoms with E-state index in [4.69, 9.17) is 4.74 Å². The van der Waals surface area contributed by atoms with Crippen molar-refractivity contribution in [2.75, 3.05) is 6.54 Å². The smallest absolute Gasteiger partial charge is 0.326 e. The molecular weight excluding hydrogens is 230 g/mol. The quantitative estimate of drug-likeness (QED) is 0.839. The average molecular weight is 251 g/mol. The lowest BCUT2D eigenvalue weighted by atomic mass is 10.2. The van der Waals surface area contributed by atoms with Crippen LogP contribution in [0.25, 0.3) is 0 Å². The molecule has 1 heterocycles. The number of benzene rings is 1. The molecule has 0 aromatic heterocycles. The molecule has 0 saturated carbocycles. The molecule has 1 aromatic rings. The van der Waals surface area contributed by atoms with Crippen LogP contribution in [-0.2, 0) is 16.1 Å². The van der Waals surface area contributed by atoms with Crippen LogP contribution in [0.2, 0.25) is 0 Å². The number of hydrogen-bond donors (Lipinski definition) is 1. The second kappa shape index (κ2) is 7.84. The van der Waals surface area contributed by atoms with Crippen molar-refractivity contribution >= 4 is 5.97 Å². The Bertz CT molecular complexity index is 353. The van der Waals surface area contributed by atoms with Crippen LogP contribution in [0, 0.1) is 0 Å². The summed E-state index contributed by atoms with van der Waals surface area (Å²) < 4.78 is 5.14. The molecule has 4 nitrogen and oxygen atoms in total. The molecule has 2 rings (SSSR count). The molecule has 1 aromatic carbocycles. The van der Waals surface area contributed by atoms with E-state index in [1.165, 1.54) is 0 Å². The number of nitrogens with zero attached hydrogens (tertiary/aromatic N) is 1. The Balaban J connectivity index is 0.000000771. The summed E-state index contributed by atoms with van der Waals surface area (Å²) in [6.07, 6.45) is 1.51. The van der Waals surface area contributed by atoms with Crippen molar-refractivity contribution in [3.8, 4) is 0 Å². The van der Waals surface area contributed by atoms with Gasteiger partial charge in [0.15, 0.2) is 0 Å². The molecule has 18 heavy (non-hydrogen) atoms. The van der Waals surface area contributed by atoms with Crippen molar-refractivity contribution in [2.45, 2.75) is 39.3 Å². The molecule has 0 aliphatic carbocycles. The van der Waals surface area contributed by atoms with Crippen molar-refractivity contribution in [2.24, 2.45) is 0 Å². The highest BCUT2D eigenvalue weighted by Crippen LogP contribution is 2.16. The van der Waals surface area contributed by atoms with Gasteiger partial charge in [-0.25, -0.2) is 0 Å². The fraction of sp³-hybridized carbons (Fsp3) is 0.500. The van der Waals surface area contributed by atoms with Crippen LogP contribution in [0.4, 0.5) is 0 Å². The lowest BCUT2D eigenvalue weighted by molar-refractivity contribution is -0.168. The van der Waals surface area contributed by atoms with E-state index in [1.807, 2.05) is 44.2 Å². The lowest BCUT2D eigenvalue weighted by Gasteiger charge is -2.15. The van der Waals surface area contributed by atoms with Gasteiger partial charge >= 0.3 is 5.97 Å². The van der Waals surface area contributed by atoms with Crippen LogP contribution in [0.15, 0.2) is 30.3 Å². The summed E-state index contributed by atoms with van der Waals surface area (Å²) in [5.74, 6) is -0.344. The third-order valence-corrected chi connectivity index (χ3v) is 2.72. The largest absolute Gasteiger partial charge is 0.460 e. The van der Waals surface area contributed by atoms with Crippen LogP contribution in [0.3, 0.4) is 0 Å². The molecule has 0 spiro atoms. The minimum Gasteiger partial charge on any atom is -0.460 e. The highest BCUT2D eigenvalue weighted by Gasteiger charge is 2.30. The number of ether oxygens (including phenoxy) is 1. The summed E-state index contributed by atoms with van der Waals surface area (Å²) in [6, 6.07) is 9.03. The zero-order valence-electron chi connectivity index (χ0n) is 11.0. The molecule has 0 unspecified atom stereocenters. The van der Waals surface area contributed by atoms with Gasteiger partial charge in [-0.15, -0.1) is 0 Å². The monoisotopic (exact) mass is 251 g/mol. The van der Waals surface area contributed by atoms with E-state index in [9.17, 15) is 10.0 Å². The summed E-state index contributed by atoms with van der Waals surface area (Å²) in [5.41, 5.74) is 0.957. The molecule has 1 N–H and O–H groups in total. The Kier molecular flexibility index (Phi) is 6.39. The van der Waals surface area contributed by atoms with Crippen LogP contribution in [-0.4, -0.2) is 28.8 Å². The highest BCUT2D eigenvalue weighted by molar-refractivity contribution is 5.75. The van der Waals surface area contributed by atoms with E-state index < -0.39 is 6.04 Å². The predicted octanol–water partition coefficient (Wildman–Crippen LogP) is 2.61. The molecule has 0 bridgehead atoms. The zero-order valence-corrected chi connectivity index (χ0v) is 11.0. The van der Waals surface area contributed by atoms with E-state index in [0.29, 0.717) is 13.0 Å². The van der Waals surface area contributed by atoms with Gasteiger partial charge in [-0.2, -0.15) is 5.06 Å². The van der Waals surface area contributed by atoms with Gasteiger partial charge in [-0.3, -0.25) is 4.79 Å². The van der Waals surface area contributed by atoms with Crippen molar-refractivity contribution in [3.63, 3.8) is 0 Å². The number of hydroxylamine groups is 2. The fourth-order valence-electron chi connectivity index (χ4n) is 1.82. The molecule has 0 amide bonds. The summed E-state index contributed by atoms with van der Waals surface area (Å²) in [4.78, 5) is 11.6. The molecule has 1 aliphatic heterocycles. The van der Waals surface area contributed by atoms with Gasteiger partial charge in [0, 0.05) is 6.54 Å². The third kappa shape index (κ3) is 4.13. The summed E-state index contributed by atoms with van der Waals surface area (Å²) >= 11 is 0. The number of hydrogen-bond acceptors (Lipinski definition) is 4. The molecule has 1 atom stereocenters. The average Bonchev–Trinajstić information content (AvgIpc) is 2.86. The second-order valence-corrected chi connectivity index (χ2v) is 3.91. The van der Waals surface area contributed by atoms with Crippen molar-refractivity contribution < 1.29 is 14.7 Å². The Morgan fingerprint density at radius 2 is 2.06 bits per heavy atom. The summed E-state index contributed by atoms with van der Waals surface area (Å²) in [6.45, 7) is 4.81. The van der Waals surface area contributed by atoms with E-state index >= 15 is 0 Å². The zero-order chi connectivity index (χ0) is 13.4. The van der Waals surface area contributed by atoms with Gasteiger partial charge in [-0.1, -0.05) is 44.2 Å². The summed E-state index contributed by atoms with van der Waals surface area (Å²) in [5, 5.41) is 10.5. The Morgan fingerprint density at radius 3 is 2.61 bits per heavy atom. The molecular formula is C14H21NO3. The first-order chi connectivity index (χ1) is 8.77. The van der Waals surface area contributed by atoms with Crippen molar-refractivity contribution in [1.29, 1.82) is 0 Å². The first kappa shape index (κ1) is 14.7. The topological polar surface area (TPSA) is 49.8 Å². The minimum absolute atomic E-state index is 0.268. The summed E-state index contributed by atoms with van der Waals surface area (Å²) in [7, 11) is 0. The van der Waals surface area contributed by atoms with Crippen LogP contribution < -0.4 is 0 Å². The van der Waals surface area contributed by atoms with E-state index in [2.05, 4.69) is 0 Å². The molecule has 0 radical (unpaired) electrons. The molecule has 100 valence electrons. The minimum atomic E-state index is -0.483. The third-order valence-electron chi connectivity index (χ3n) is 2.72. The normalized spacial score (nSPS) is 18.9. The van der Waals surface area contributed by atoms with Gasteiger partial charge in [0.05, 0.1) is 0 Å². The second-order valence-electron chi connectivity index (χ2n) is 3.91. The highest BCUT2D eigenvalue weighted by atomic mass is 16.6. The first-order valence-corrected chi connectivity index (χ1v) is 6.43. The maximum absolute atomic E-state index is 11.6. The Hall–Kier alpha value is -1.39. The molecule has 1 fully saturated rings. The number of esters is 1. The maximum Gasteiger partial charge on any atom is 0.326 e. The fourth-order valence-corrected chi connectivity index (χ4v) is 1.82. The van der Waals surface area contributed by atoms with Crippen LogP contribution in [0.1, 0.15) is 32.3 Å². The standard InChI is InChI=1S/C12H15NO3.C2H6/c14-12(11-7-4-8-13(11)15)16-9-10-5-2-1-3-6-10;1-2/h1-3,5-6,11,15H,4,7-9H2;1-2H3/t11-;/m0./s1. The SMILES string of the molecule is CC.O=C(OCc1ccccc1)[C@@H]1CCCN1O. The predicted molar refractivity (Wildman–Crippen MR) is 69.1 cm³/mol. The Morgan fingerprint density at radius 1 is 1.39 bits per heavy atom. The van der Waals surface area contributed by atoms with E-state index in [-0.39, 0.29) is 12.6 Å². The Labute approximate surface area is 108 Å². The molecule has 1 aliphatic rings. The van der Waals surface area contributed by atoms with Gasteiger partial charge < -0.3 is 9.94 Å². The van der Waals surface area contributed by atoms with E-state index in [0.717, 1.165) is 17.0 Å². The van der Waals surface area contributed by atoms with Crippen LogP contribution >= 0.6 is 0 Å². The first-order valence-electron chi connectivity index (χ1n) is 6.43. The van der Waals surface area contributed by atoms with Crippen LogP contribution in [0.5, 0.6) is 0 Å². The number of carbonyl (C=O) groups excluding carboxylic acids is 1. The van der Waals surface area contributed by atoms with Gasteiger partial charge in [-0.05, 0) is 18.4 Å². The van der Waals surface area contributed by atoms with Gasteiger partial charge in [0.25, 0.3) is 0 Å².